The van der Waals surface area contributed by atoms with Crippen LogP contribution in [-0.2, 0) is 11.3 Å². The summed E-state index contributed by atoms with van der Waals surface area (Å²) in [6, 6.07) is 8.95. The van der Waals surface area contributed by atoms with Gasteiger partial charge in [-0.25, -0.2) is 9.18 Å². The highest BCUT2D eigenvalue weighted by atomic mass is 19.1. The van der Waals surface area contributed by atoms with Gasteiger partial charge < -0.3 is 10.5 Å². The molecular formula is C14H11FN2O4. The van der Waals surface area contributed by atoms with Crippen molar-refractivity contribution < 1.29 is 18.8 Å². The van der Waals surface area contributed by atoms with Crippen LogP contribution < -0.4 is 5.73 Å². The first-order valence-corrected chi connectivity index (χ1v) is 5.93. The molecule has 0 saturated heterocycles. The minimum atomic E-state index is -0.777. The van der Waals surface area contributed by atoms with E-state index in [-0.39, 0.29) is 23.5 Å². The Bertz CT molecular complexity index is 686. The normalized spacial score (nSPS) is 10.1. The van der Waals surface area contributed by atoms with E-state index in [4.69, 9.17) is 10.5 Å². The second-order valence-electron chi connectivity index (χ2n) is 4.23. The first kappa shape index (κ1) is 14.4. The van der Waals surface area contributed by atoms with Crippen LogP contribution in [0, 0.1) is 15.9 Å². The predicted molar refractivity (Wildman–Crippen MR) is 73.0 cm³/mol. The fourth-order valence-electron chi connectivity index (χ4n) is 1.64. The van der Waals surface area contributed by atoms with Crippen LogP contribution >= 0.6 is 0 Å². The van der Waals surface area contributed by atoms with Gasteiger partial charge in [-0.15, -0.1) is 0 Å². The third-order valence-corrected chi connectivity index (χ3v) is 2.75. The first-order chi connectivity index (χ1) is 9.97. The number of benzene rings is 2. The summed E-state index contributed by atoms with van der Waals surface area (Å²) in [6.45, 7) is -0.0821. The first-order valence-electron chi connectivity index (χ1n) is 5.93. The van der Waals surface area contributed by atoms with Gasteiger partial charge in [-0.2, -0.15) is 0 Å². The Kier molecular flexibility index (Phi) is 4.13. The molecule has 0 heterocycles. The monoisotopic (exact) mass is 290 g/mol. The van der Waals surface area contributed by atoms with Crippen molar-refractivity contribution in [3.63, 3.8) is 0 Å². The van der Waals surface area contributed by atoms with Crippen molar-refractivity contribution >= 4 is 17.3 Å². The van der Waals surface area contributed by atoms with E-state index >= 15 is 0 Å². The van der Waals surface area contributed by atoms with E-state index in [1.54, 1.807) is 0 Å². The number of anilines is 1. The summed E-state index contributed by atoms with van der Waals surface area (Å²) in [6.07, 6.45) is 0. The van der Waals surface area contributed by atoms with Gasteiger partial charge in [0.2, 0.25) is 0 Å². The third kappa shape index (κ3) is 3.53. The Hall–Kier alpha value is -2.96. The molecular weight excluding hydrogens is 279 g/mol. The standard InChI is InChI=1S/C14H11FN2O4/c15-10-3-1-9(2-4-10)8-21-14(18)12-7-11(17(19)20)5-6-13(12)16/h1-7H,8,16H2. The van der Waals surface area contributed by atoms with Gasteiger partial charge in [0.05, 0.1) is 10.5 Å². The lowest BCUT2D eigenvalue weighted by atomic mass is 10.1. The number of nitrogens with two attached hydrogens (primary N) is 1. The lowest BCUT2D eigenvalue weighted by Gasteiger charge is -2.07. The van der Waals surface area contributed by atoms with Crippen molar-refractivity contribution in [3.8, 4) is 0 Å². The van der Waals surface area contributed by atoms with Crippen LogP contribution in [-0.4, -0.2) is 10.9 Å². The van der Waals surface area contributed by atoms with Crippen LogP contribution in [0.3, 0.4) is 0 Å². The molecule has 0 aromatic heterocycles. The molecule has 0 unspecified atom stereocenters. The van der Waals surface area contributed by atoms with E-state index in [9.17, 15) is 19.3 Å². The average molecular weight is 290 g/mol. The Labute approximate surface area is 119 Å². The van der Waals surface area contributed by atoms with Crippen molar-refractivity contribution in [2.24, 2.45) is 0 Å². The highest BCUT2D eigenvalue weighted by molar-refractivity contribution is 5.95. The van der Waals surface area contributed by atoms with Gasteiger partial charge in [0.1, 0.15) is 12.4 Å². The van der Waals surface area contributed by atoms with Crippen molar-refractivity contribution in [1.29, 1.82) is 0 Å². The van der Waals surface area contributed by atoms with Gasteiger partial charge in [-0.05, 0) is 23.8 Å². The molecule has 0 amide bonds. The number of esters is 1. The lowest BCUT2D eigenvalue weighted by molar-refractivity contribution is -0.384. The summed E-state index contributed by atoms with van der Waals surface area (Å²) in [5, 5.41) is 10.7. The summed E-state index contributed by atoms with van der Waals surface area (Å²) >= 11 is 0. The smallest absolute Gasteiger partial charge is 0.340 e. The maximum atomic E-state index is 12.7. The molecule has 2 rings (SSSR count). The number of hydrogen-bond donors (Lipinski definition) is 1. The van der Waals surface area contributed by atoms with E-state index in [0.717, 1.165) is 6.07 Å². The average Bonchev–Trinajstić information content (AvgIpc) is 2.46. The van der Waals surface area contributed by atoms with Gasteiger partial charge in [0, 0.05) is 17.8 Å². The number of ether oxygens (including phenoxy) is 1. The SMILES string of the molecule is Nc1ccc([N+](=O)[O-])cc1C(=O)OCc1ccc(F)cc1. The van der Waals surface area contributed by atoms with E-state index < -0.39 is 16.7 Å². The zero-order valence-corrected chi connectivity index (χ0v) is 10.8. The molecule has 0 radical (unpaired) electrons. The van der Waals surface area contributed by atoms with E-state index in [1.807, 2.05) is 0 Å². The van der Waals surface area contributed by atoms with Crippen LogP contribution in [0.5, 0.6) is 0 Å². The molecule has 0 atom stereocenters. The van der Waals surface area contributed by atoms with Crippen molar-refractivity contribution in [2.75, 3.05) is 5.73 Å². The number of halogens is 1. The Balaban J connectivity index is 2.11. The Morgan fingerprint density at radius 1 is 1.24 bits per heavy atom. The number of carbonyl (C=O) groups excluding carboxylic acids is 1. The summed E-state index contributed by atoms with van der Waals surface area (Å²) in [7, 11) is 0. The second-order valence-corrected chi connectivity index (χ2v) is 4.23. The van der Waals surface area contributed by atoms with Crippen LogP contribution in [0.2, 0.25) is 0 Å². The number of nitrogens with zero attached hydrogens (tertiary/aromatic N) is 1. The van der Waals surface area contributed by atoms with Gasteiger partial charge in [-0.1, -0.05) is 12.1 Å². The number of nitro benzene ring substituents is 1. The minimum absolute atomic E-state index is 0.0775. The molecule has 0 spiro atoms. The number of rotatable bonds is 4. The van der Waals surface area contributed by atoms with E-state index in [0.29, 0.717) is 5.56 Å². The van der Waals surface area contributed by atoms with Gasteiger partial charge >= 0.3 is 5.97 Å². The number of nitrogen functional groups attached to an aromatic ring is 1. The minimum Gasteiger partial charge on any atom is -0.457 e. The molecule has 0 aliphatic rings. The zero-order chi connectivity index (χ0) is 15.4. The molecule has 2 aromatic carbocycles. The van der Waals surface area contributed by atoms with Crippen molar-refractivity contribution in [3.05, 3.63) is 69.5 Å². The molecule has 0 aliphatic carbocycles. The van der Waals surface area contributed by atoms with Gasteiger partial charge in [-0.3, -0.25) is 10.1 Å². The molecule has 108 valence electrons. The third-order valence-electron chi connectivity index (χ3n) is 2.75. The summed E-state index contributed by atoms with van der Waals surface area (Å²) < 4.78 is 17.7. The molecule has 2 N–H and O–H groups in total. The molecule has 0 aliphatic heterocycles. The largest absolute Gasteiger partial charge is 0.457 e. The van der Waals surface area contributed by atoms with Crippen molar-refractivity contribution in [2.45, 2.75) is 6.61 Å². The highest BCUT2D eigenvalue weighted by Crippen LogP contribution is 2.20. The van der Waals surface area contributed by atoms with E-state index in [2.05, 4.69) is 0 Å². The predicted octanol–water partition coefficient (Wildman–Crippen LogP) is 2.67. The molecule has 0 bridgehead atoms. The number of nitro groups is 1. The van der Waals surface area contributed by atoms with E-state index in [1.165, 1.54) is 36.4 Å². The molecule has 0 saturated carbocycles. The van der Waals surface area contributed by atoms with Gasteiger partial charge in [0.25, 0.3) is 5.69 Å². The second kappa shape index (κ2) is 6.00. The topological polar surface area (TPSA) is 95.5 Å². The molecule has 0 fully saturated rings. The van der Waals surface area contributed by atoms with Crippen molar-refractivity contribution in [1.82, 2.24) is 0 Å². The molecule has 7 heteroatoms. The van der Waals surface area contributed by atoms with Crippen LogP contribution in [0.4, 0.5) is 15.8 Å². The lowest BCUT2D eigenvalue weighted by Crippen LogP contribution is -2.09. The number of non-ortho nitro benzene ring substituents is 1. The summed E-state index contributed by atoms with van der Waals surface area (Å²) in [5.74, 6) is -1.17. The number of carbonyl (C=O) groups is 1. The quantitative estimate of drug-likeness (QED) is 0.404. The highest BCUT2D eigenvalue weighted by Gasteiger charge is 2.16. The Morgan fingerprint density at radius 2 is 1.90 bits per heavy atom. The maximum Gasteiger partial charge on any atom is 0.340 e. The maximum absolute atomic E-state index is 12.7. The molecule has 21 heavy (non-hydrogen) atoms. The van der Waals surface area contributed by atoms with Crippen LogP contribution in [0.25, 0.3) is 0 Å². The molecule has 6 nitrogen and oxygen atoms in total. The summed E-state index contributed by atoms with van der Waals surface area (Å²) in [5.41, 5.74) is 5.96. The molecule has 2 aromatic rings. The fourth-order valence-corrected chi connectivity index (χ4v) is 1.64. The van der Waals surface area contributed by atoms with Gasteiger partial charge in [0.15, 0.2) is 0 Å². The summed E-state index contributed by atoms with van der Waals surface area (Å²) in [4.78, 5) is 21.9. The van der Waals surface area contributed by atoms with Crippen LogP contribution in [0.1, 0.15) is 15.9 Å². The number of hydrogen-bond acceptors (Lipinski definition) is 5. The Morgan fingerprint density at radius 3 is 2.52 bits per heavy atom. The fraction of sp³-hybridized carbons (Fsp3) is 0.0714. The van der Waals surface area contributed by atoms with Crippen LogP contribution in [0.15, 0.2) is 42.5 Å². The zero-order valence-electron chi connectivity index (χ0n) is 10.8.